The number of ether oxygens (including phenoxy) is 2. The maximum absolute atomic E-state index is 13.3. The van der Waals surface area contributed by atoms with Crippen LogP contribution in [-0.4, -0.2) is 38.3 Å². The molecular weight excluding hydrogens is 383 g/mol. The second-order valence-corrected chi connectivity index (χ2v) is 6.58. The maximum atomic E-state index is 13.3. The Labute approximate surface area is 175 Å². The molecule has 3 rings (SSSR count). The van der Waals surface area contributed by atoms with E-state index in [1.807, 2.05) is 24.4 Å². The quantitative estimate of drug-likeness (QED) is 0.304. The lowest BCUT2D eigenvalue weighted by Crippen LogP contribution is -2.37. The first-order valence-corrected chi connectivity index (χ1v) is 9.57. The Morgan fingerprint density at radius 3 is 2.83 bits per heavy atom. The number of hydrogen-bond acceptors (Lipinski definition) is 3. The van der Waals surface area contributed by atoms with Crippen LogP contribution in [0.3, 0.4) is 0 Å². The Morgan fingerprint density at radius 1 is 1.20 bits per heavy atom. The SMILES string of the molecule is C#CCOc1cc(CNC(=NC)NCCc2c[nH]c3cc(F)ccc23)ccc1OC. The third kappa shape index (κ3) is 5.23. The maximum Gasteiger partial charge on any atom is 0.191 e. The van der Waals surface area contributed by atoms with E-state index in [1.165, 1.54) is 12.1 Å². The van der Waals surface area contributed by atoms with E-state index in [0.717, 1.165) is 28.5 Å². The molecule has 0 bridgehead atoms. The van der Waals surface area contributed by atoms with Crippen LogP contribution in [0.1, 0.15) is 11.1 Å². The first-order chi connectivity index (χ1) is 14.6. The van der Waals surface area contributed by atoms with Gasteiger partial charge in [-0.05, 0) is 47.9 Å². The Kier molecular flexibility index (Phi) is 7.17. The minimum Gasteiger partial charge on any atom is -0.493 e. The number of nitrogens with one attached hydrogen (secondary N) is 3. The van der Waals surface area contributed by atoms with Gasteiger partial charge in [0.1, 0.15) is 12.4 Å². The summed E-state index contributed by atoms with van der Waals surface area (Å²) in [5.41, 5.74) is 2.93. The molecule has 0 saturated heterocycles. The van der Waals surface area contributed by atoms with Crippen molar-refractivity contribution in [1.82, 2.24) is 15.6 Å². The van der Waals surface area contributed by atoms with E-state index in [1.54, 1.807) is 20.2 Å². The van der Waals surface area contributed by atoms with Crippen molar-refractivity contribution in [2.75, 3.05) is 27.3 Å². The van der Waals surface area contributed by atoms with Crippen LogP contribution in [-0.2, 0) is 13.0 Å². The Morgan fingerprint density at radius 2 is 2.07 bits per heavy atom. The number of guanidine groups is 1. The fraction of sp³-hybridized carbons (Fsp3) is 0.261. The van der Waals surface area contributed by atoms with E-state index in [9.17, 15) is 4.39 Å². The topological polar surface area (TPSA) is 70.7 Å². The summed E-state index contributed by atoms with van der Waals surface area (Å²) in [7, 11) is 3.31. The molecule has 0 aliphatic carbocycles. The molecule has 6 nitrogen and oxygen atoms in total. The van der Waals surface area contributed by atoms with Gasteiger partial charge < -0.3 is 25.1 Å². The zero-order chi connectivity index (χ0) is 21.3. The molecule has 0 aliphatic heterocycles. The van der Waals surface area contributed by atoms with Crippen molar-refractivity contribution in [2.24, 2.45) is 4.99 Å². The smallest absolute Gasteiger partial charge is 0.191 e. The predicted molar refractivity (Wildman–Crippen MR) is 117 cm³/mol. The summed E-state index contributed by atoms with van der Waals surface area (Å²) in [5, 5.41) is 7.60. The summed E-state index contributed by atoms with van der Waals surface area (Å²) < 4.78 is 24.2. The van der Waals surface area contributed by atoms with Crippen LogP contribution in [0, 0.1) is 18.2 Å². The summed E-state index contributed by atoms with van der Waals surface area (Å²) in [5.74, 6) is 4.13. The highest BCUT2D eigenvalue weighted by molar-refractivity contribution is 5.83. The van der Waals surface area contributed by atoms with E-state index in [2.05, 4.69) is 26.5 Å². The van der Waals surface area contributed by atoms with Crippen LogP contribution in [0.2, 0.25) is 0 Å². The number of hydrogen-bond donors (Lipinski definition) is 3. The largest absolute Gasteiger partial charge is 0.493 e. The van der Waals surface area contributed by atoms with Gasteiger partial charge in [-0.15, -0.1) is 6.42 Å². The normalized spacial score (nSPS) is 11.2. The monoisotopic (exact) mass is 408 g/mol. The molecule has 0 atom stereocenters. The third-order valence-electron chi connectivity index (χ3n) is 4.64. The highest BCUT2D eigenvalue weighted by atomic mass is 19.1. The highest BCUT2D eigenvalue weighted by Crippen LogP contribution is 2.28. The van der Waals surface area contributed by atoms with Crippen molar-refractivity contribution in [3.05, 3.63) is 59.5 Å². The van der Waals surface area contributed by atoms with Crippen LogP contribution in [0.5, 0.6) is 11.5 Å². The average molecular weight is 408 g/mol. The van der Waals surface area contributed by atoms with Gasteiger partial charge in [-0.3, -0.25) is 4.99 Å². The Bertz CT molecular complexity index is 1070. The van der Waals surface area contributed by atoms with Crippen LogP contribution >= 0.6 is 0 Å². The van der Waals surface area contributed by atoms with E-state index in [0.29, 0.717) is 30.5 Å². The lowest BCUT2D eigenvalue weighted by molar-refractivity contribution is 0.330. The summed E-state index contributed by atoms with van der Waals surface area (Å²) >= 11 is 0. The average Bonchev–Trinajstić information content (AvgIpc) is 3.16. The van der Waals surface area contributed by atoms with Gasteiger partial charge in [-0.1, -0.05) is 12.0 Å². The number of aromatic nitrogens is 1. The summed E-state index contributed by atoms with van der Waals surface area (Å²) in [6, 6.07) is 10.5. The number of rotatable bonds is 8. The molecule has 0 radical (unpaired) electrons. The predicted octanol–water partition coefficient (Wildman–Crippen LogP) is 3.24. The molecule has 3 N–H and O–H groups in total. The lowest BCUT2D eigenvalue weighted by Gasteiger charge is -2.14. The van der Waals surface area contributed by atoms with Crippen molar-refractivity contribution in [3.63, 3.8) is 0 Å². The number of H-pyrrole nitrogens is 1. The van der Waals surface area contributed by atoms with Crippen molar-refractivity contribution in [2.45, 2.75) is 13.0 Å². The van der Waals surface area contributed by atoms with Crippen molar-refractivity contribution < 1.29 is 13.9 Å². The van der Waals surface area contributed by atoms with Gasteiger partial charge in [0, 0.05) is 37.2 Å². The standard InChI is InChI=1S/C23H25FN4O2/c1-4-11-30-22-12-16(5-8-21(22)29-3)14-28-23(25-2)26-10-9-17-15-27-20-13-18(24)6-7-19(17)20/h1,5-8,12-13,15,27H,9-11,14H2,2-3H3,(H2,25,26,28). The molecule has 1 aromatic heterocycles. The number of fused-ring (bicyclic) bond motifs is 1. The molecule has 0 amide bonds. The van der Waals surface area contributed by atoms with E-state index < -0.39 is 0 Å². The molecule has 156 valence electrons. The third-order valence-corrected chi connectivity index (χ3v) is 4.64. The highest BCUT2D eigenvalue weighted by Gasteiger charge is 2.08. The van der Waals surface area contributed by atoms with Crippen LogP contribution in [0.4, 0.5) is 4.39 Å². The van der Waals surface area contributed by atoms with Crippen LogP contribution < -0.4 is 20.1 Å². The van der Waals surface area contributed by atoms with E-state index in [-0.39, 0.29) is 12.4 Å². The number of aromatic amines is 1. The fourth-order valence-electron chi connectivity index (χ4n) is 3.15. The molecule has 0 aliphatic rings. The Hall–Kier alpha value is -3.66. The summed E-state index contributed by atoms with van der Waals surface area (Å²) in [6.45, 7) is 1.42. The zero-order valence-electron chi connectivity index (χ0n) is 17.1. The minimum absolute atomic E-state index is 0.178. The fourth-order valence-corrected chi connectivity index (χ4v) is 3.15. The van der Waals surface area contributed by atoms with Crippen LogP contribution in [0.15, 0.2) is 47.6 Å². The van der Waals surface area contributed by atoms with E-state index in [4.69, 9.17) is 15.9 Å². The minimum atomic E-state index is -0.245. The molecule has 2 aromatic carbocycles. The molecule has 0 spiro atoms. The summed E-state index contributed by atoms with van der Waals surface area (Å²) in [6.07, 6.45) is 7.96. The molecular formula is C23H25FN4O2. The van der Waals surface area contributed by atoms with E-state index >= 15 is 0 Å². The first kappa shape index (κ1) is 21.1. The van der Waals surface area contributed by atoms with Gasteiger partial charge in [0.2, 0.25) is 0 Å². The molecule has 7 heteroatoms. The van der Waals surface area contributed by atoms with Crippen LogP contribution in [0.25, 0.3) is 10.9 Å². The molecule has 3 aromatic rings. The molecule has 1 heterocycles. The number of aliphatic imine (C=N–C) groups is 1. The molecule has 30 heavy (non-hydrogen) atoms. The number of methoxy groups -OCH3 is 1. The van der Waals surface area contributed by atoms with Gasteiger partial charge in [-0.25, -0.2) is 4.39 Å². The number of terminal acetylenes is 1. The second kappa shape index (κ2) is 10.2. The summed E-state index contributed by atoms with van der Waals surface area (Å²) in [4.78, 5) is 7.37. The van der Waals surface area contributed by atoms with Gasteiger partial charge >= 0.3 is 0 Å². The van der Waals surface area contributed by atoms with Gasteiger partial charge in [0.05, 0.1) is 7.11 Å². The first-order valence-electron chi connectivity index (χ1n) is 9.57. The van der Waals surface area contributed by atoms with Crippen molar-refractivity contribution in [1.29, 1.82) is 0 Å². The zero-order valence-corrected chi connectivity index (χ0v) is 17.1. The number of benzene rings is 2. The van der Waals surface area contributed by atoms with Gasteiger partial charge in [0.25, 0.3) is 0 Å². The Balaban J connectivity index is 1.54. The molecule has 0 saturated carbocycles. The molecule has 0 unspecified atom stereocenters. The van der Waals surface area contributed by atoms with Gasteiger partial charge in [-0.2, -0.15) is 0 Å². The van der Waals surface area contributed by atoms with Gasteiger partial charge in [0.15, 0.2) is 17.5 Å². The second-order valence-electron chi connectivity index (χ2n) is 6.58. The number of nitrogens with zero attached hydrogens (tertiary/aromatic N) is 1. The van der Waals surface area contributed by atoms with Crippen molar-refractivity contribution >= 4 is 16.9 Å². The number of halogens is 1. The lowest BCUT2D eigenvalue weighted by atomic mass is 10.1. The molecule has 0 fully saturated rings. The van der Waals surface area contributed by atoms with Crippen molar-refractivity contribution in [3.8, 4) is 23.8 Å².